The predicted octanol–water partition coefficient (Wildman–Crippen LogP) is 5.26. The fourth-order valence-corrected chi connectivity index (χ4v) is 5.90. The number of nitrogens with zero attached hydrogens (tertiary/aromatic N) is 2. The summed E-state index contributed by atoms with van der Waals surface area (Å²) >= 11 is 0. The molecule has 3 aliphatic rings. The van der Waals surface area contributed by atoms with E-state index in [-0.39, 0.29) is 5.91 Å². The van der Waals surface area contributed by atoms with Crippen LogP contribution in [0.4, 0.5) is 0 Å². The van der Waals surface area contributed by atoms with E-state index < -0.39 is 5.54 Å². The minimum atomic E-state index is -0.562. The zero-order valence-electron chi connectivity index (χ0n) is 17.7. The molecule has 0 bridgehead atoms. The first-order chi connectivity index (χ1) is 13.0. The summed E-state index contributed by atoms with van der Waals surface area (Å²) in [5.41, 5.74) is 5.54. The van der Waals surface area contributed by atoms with Gasteiger partial charge in [-0.2, -0.15) is 0 Å². The average molecular weight is 376 g/mol. The summed E-state index contributed by atoms with van der Waals surface area (Å²) in [5, 5.41) is 0. The molecule has 0 spiro atoms. The molecule has 0 radical (unpaired) electrons. The van der Waals surface area contributed by atoms with Crippen molar-refractivity contribution in [3.05, 3.63) is 0 Å². The van der Waals surface area contributed by atoms with Gasteiger partial charge in [-0.3, -0.25) is 9.69 Å². The minimum absolute atomic E-state index is 0.159. The van der Waals surface area contributed by atoms with Gasteiger partial charge in [0.15, 0.2) is 5.96 Å². The van der Waals surface area contributed by atoms with E-state index in [1.165, 1.54) is 77.0 Å². The summed E-state index contributed by atoms with van der Waals surface area (Å²) < 4.78 is 0. The number of nitrogens with two attached hydrogens (primary N) is 1. The predicted molar refractivity (Wildman–Crippen MR) is 113 cm³/mol. The highest BCUT2D eigenvalue weighted by molar-refractivity contribution is 6.06. The third-order valence-corrected chi connectivity index (χ3v) is 7.55. The third-order valence-electron chi connectivity index (χ3n) is 7.55. The maximum Gasteiger partial charge on any atom is 0.257 e. The number of guanidine groups is 1. The van der Waals surface area contributed by atoms with Crippen LogP contribution in [0.15, 0.2) is 4.99 Å². The lowest BCUT2D eigenvalue weighted by Crippen LogP contribution is -2.44. The second kappa shape index (κ2) is 9.43. The zero-order valence-corrected chi connectivity index (χ0v) is 17.7. The molecule has 3 atom stereocenters. The van der Waals surface area contributed by atoms with Gasteiger partial charge in [0.25, 0.3) is 5.91 Å². The van der Waals surface area contributed by atoms with Gasteiger partial charge in [-0.1, -0.05) is 77.6 Å². The van der Waals surface area contributed by atoms with E-state index in [4.69, 9.17) is 10.7 Å². The Labute approximate surface area is 166 Å². The summed E-state index contributed by atoms with van der Waals surface area (Å²) in [5.74, 6) is 2.87. The first kappa shape index (κ1) is 20.7. The van der Waals surface area contributed by atoms with Crippen molar-refractivity contribution in [3.63, 3.8) is 0 Å². The van der Waals surface area contributed by atoms with Crippen LogP contribution in [-0.2, 0) is 4.79 Å². The van der Waals surface area contributed by atoms with E-state index in [1.807, 2.05) is 0 Å². The van der Waals surface area contributed by atoms with Gasteiger partial charge < -0.3 is 5.73 Å². The van der Waals surface area contributed by atoms with Crippen LogP contribution in [0.3, 0.4) is 0 Å². The van der Waals surface area contributed by atoms with Crippen molar-refractivity contribution in [1.82, 2.24) is 4.90 Å². The summed E-state index contributed by atoms with van der Waals surface area (Å²) in [4.78, 5) is 19.6. The number of rotatable bonds is 8. The van der Waals surface area contributed by atoms with Crippen LogP contribution in [0.5, 0.6) is 0 Å². The van der Waals surface area contributed by atoms with Gasteiger partial charge in [0.05, 0.1) is 0 Å². The smallest absolute Gasteiger partial charge is 0.257 e. The fourth-order valence-electron chi connectivity index (χ4n) is 5.90. The van der Waals surface area contributed by atoms with Crippen molar-refractivity contribution in [2.75, 3.05) is 7.05 Å². The summed E-state index contributed by atoms with van der Waals surface area (Å²) in [6.45, 7) is 2.28. The molecule has 0 aromatic carbocycles. The van der Waals surface area contributed by atoms with Crippen LogP contribution in [0.2, 0.25) is 0 Å². The Hall–Kier alpha value is -1.06. The van der Waals surface area contributed by atoms with Crippen molar-refractivity contribution in [1.29, 1.82) is 0 Å². The molecule has 0 unspecified atom stereocenters. The average Bonchev–Trinajstić information content (AvgIpc) is 2.90. The molecule has 0 aromatic rings. The number of likely N-dealkylation sites (N-methyl/N-ethyl adjacent to an activating group) is 1. The zero-order chi connectivity index (χ0) is 19.3. The standard InChI is InChI=1S/C23H41N3O/c1-3-4-9-19-12-8-13-20(16-19)17-23(21(27)26(2)22(24)25-23)15-14-18-10-6-5-7-11-18/h18-20H,3-17H2,1-2H3,(H2,24,25)/t19-,20-,23+/m0/s1. The first-order valence-electron chi connectivity index (χ1n) is 11.7. The molecule has 2 fully saturated rings. The molecule has 27 heavy (non-hydrogen) atoms. The summed E-state index contributed by atoms with van der Waals surface area (Å²) in [6.07, 6.45) is 19.0. The largest absolute Gasteiger partial charge is 0.369 e. The molecule has 154 valence electrons. The van der Waals surface area contributed by atoms with E-state index >= 15 is 0 Å². The van der Waals surface area contributed by atoms with Gasteiger partial charge >= 0.3 is 0 Å². The van der Waals surface area contributed by atoms with Crippen molar-refractivity contribution >= 4 is 11.9 Å². The maximum absolute atomic E-state index is 13.2. The van der Waals surface area contributed by atoms with Crippen LogP contribution in [0.1, 0.15) is 103 Å². The molecule has 2 aliphatic carbocycles. The Morgan fingerprint density at radius 1 is 1.04 bits per heavy atom. The molecule has 2 N–H and O–H groups in total. The first-order valence-corrected chi connectivity index (χ1v) is 11.7. The van der Waals surface area contributed by atoms with E-state index in [0.29, 0.717) is 11.9 Å². The van der Waals surface area contributed by atoms with Crippen molar-refractivity contribution in [2.24, 2.45) is 28.5 Å². The van der Waals surface area contributed by atoms with Crippen molar-refractivity contribution in [2.45, 2.75) is 109 Å². The molecule has 1 heterocycles. The van der Waals surface area contributed by atoms with Crippen LogP contribution < -0.4 is 5.73 Å². The second-order valence-electron chi connectivity index (χ2n) is 9.65. The molecular weight excluding hydrogens is 334 g/mol. The third kappa shape index (κ3) is 5.06. The minimum Gasteiger partial charge on any atom is -0.369 e. The lowest BCUT2D eigenvalue weighted by molar-refractivity contribution is -0.131. The lowest BCUT2D eigenvalue weighted by Gasteiger charge is -2.35. The molecule has 1 aliphatic heterocycles. The van der Waals surface area contributed by atoms with Crippen LogP contribution in [0.25, 0.3) is 0 Å². The van der Waals surface area contributed by atoms with Crippen LogP contribution in [-0.4, -0.2) is 29.4 Å². The normalized spacial score (nSPS) is 32.7. The topological polar surface area (TPSA) is 58.7 Å². The summed E-state index contributed by atoms with van der Waals surface area (Å²) in [7, 11) is 1.80. The van der Waals surface area contributed by atoms with Gasteiger partial charge in [0, 0.05) is 7.05 Å². The number of carbonyl (C=O) groups is 1. The number of unbranched alkanes of at least 4 members (excludes halogenated alkanes) is 1. The van der Waals surface area contributed by atoms with Crippen LogP contribution in [0, 0.1) is 17.8 Å². The summed E-state index contributed by atoms with van der Waals surface area (Å²) in [6, 6.07) is 0. The molecule has 1 amide bonds. The lowest BCUT2D eigenvalue weighted by atomic mass is 9.72. The Morgan fingerprint density at radius 2 is 1.74 bits per heavy atom. The van der Waals surface area contributed by atoms with E-state index in [2.05, 4.69) is 6.92 Å². The van der Waals surface area contributed by atoms with Gasteiger partial charge in [0.1, 0.15) is 5.54 Å². The monoisotopic (exact) mass is 375 g/mol. The number of hydrogen-bond donors (Lipinski definition) is 1. The van der Waals surface area contributed by atoms with E-state index in [1.54, 1.807) is 11.9 Å². The highest BCUT2D eigenvalue weighted by atomic mass is 16.2. The van der Waals surface area contributed by atoms with Gasteiger partial charge in [-0.15, -0.1) is 0 Å². The number of hydrogen-bond acceptors (Lipinski definition) is 3. The van der Waals surface area contributed by atoms with Gasteiger partial charge in [-0.25, -0.2) is 4.99 Å². The Morgan fingerprint density at radius 3 is 2.41 bits per heavy atom. The quantitative estimate of drug-likeness (QED) is 0.629. The highest BCUT2D eigenvalue weighted by Gasteiger charge is 2.47. The second-order valence-corrected chi connectivity index (χ2v) is 9.65. The van der Waals surface area contributed by atoms with Crippen LogP contribution >= 0.6 is 0 Å². The maximum atomic E-state index is 13.2. The molecular formula is C23H41N3O. The Kier molecular flexibility index (Phi) is 7.22. The van der Waals surface area contributed by atoms with Crippen molar-refractivity contribution in [3.8, 4) is 0 Å². The van der Waals surface area contributed by atoms with Gasteiger partial charge in [0.2, 0.25) is 0 Å². The molecule has 2 saturated carbocycles. The number of carbonyl (C=O) groups excluding carboxylic acids is 1. The Balaban J connectivity index is 1.66. The van der Waals surface area contributed by atoms with Crippen molar-refractivity contribution < 1.29 is 4.79 Å². The molecule has 4 heteroatoms. The molecule has 3 rings (SSSR count). The number of aliphatic imine (C=N–C) groups is 1. The molecule has 0 aromatic heterocycles. The van der Waals surface area contributed by atoms with E-state index in [9.17, 15) is 4.79 Å². The number of amides is 1. The molecule has 0 saturated heterocycles. The van der Waals surface area contributed by atoms with Gasteiger partial charge in [-0.05, 0) is 43.4 Å². The SMILES string of the molecule is CCCC[C@H]1CCC[C@H](C[C@@]2(CCC3CCCCC3)N=C(N)N(C)C2=O)C1. The fraction of sp³-hybridized carbons (Fsp3) is 0.913. The molecule has 4 nitrogen and oxygen atoms in total. The highest BCUT2D eigenvalue weighted by Crippen LogP contribution is 2.42. The van der Waals surface area contributed by atoms with E-state index in [0.717, 1.165) is 31.1 Å². The Bertz CT molecular complexity index is 526.